The van der Waals surface area contributed by atoms with Gasteiger partial charge in [-0.3, -0.25) is 4.79 Å². The summed E-state index contributed by atoms with van der Waals surface area (Å²) in [7, 11) is 3.08. The van der Waals surface area contributed by atoms with Gasteiger partial charge in [0, 0.05) is 18.2 Å². The van der Waals surface area contributed by atoms with Gasteiger partial charge in [0.05, 0.1) is 14.2 Å². The van der Waals surface area contributed by atoms with Crippen LogP contribution >= 0.6 is 12.4 Å². The van der Waals surface area contributed by atoms with Crippen LogP contribution in [-0.4, -0.2) is 32.7 Å². The summed E-state index contributed by atoms with van der Waals surface area (Å²) in [5.41, 5.74) is 7.27. The van der Waals surface area contributed by atoms with E-state index in [1.165, 1.54) is 0 Å². The Balaban J connectivity index is 0.00000280. The molecule has 0 spiro atoms. The van der Waals surface area contributed by atoms with Gasteiger partial charge in [0.2, 0.25) is 5.75 Å². The summed E-state index contributed by atoms with van der Waals surface area (Å²) in [4.78, 5) is 12.7. The molecule has 7 heteroatoms. The smallest absolute Gasteiger partial charge is 0.251 e. The molecule has 0 aliphatic heterocycles. The van der Waals surface area contributed by atoms with Crippen LogP contribution in [0, 0.1) is 5.92 Å². The van der Waals surface area contributed by atoms with Gasteiger partial charge < -0.3 is 25.3 Å². The number of hydrogen-bond acceptors (Lipinski definition) is 5. The lowest BCUT2D eigenvalue weighted by atomic mass is 10.1. The maximum Gasteiger partial charge on any atom is 0.251 e. The Bertz CT molecular complexity index is 756. The number of rotatable bonds is 9. The summed E-state index contributed by atoms with van der Waals surface area (Å²) in [5, 5.41) is 3.01. The number of amides is 1. The van der Waals surface area contributed by atoms with E-state index in [1.807, 2.05) is 30.3 Å². The Morgan fingerprint density at radius 1 is 1.14 bits per heavy atom. The minimum Gasteiger partial charge on any atom is -0.493 e. The van der Waals surface area contributed by atoms with Gasteiger partial charge in [-0.05, 0) is 36.5 Å². The Morgan fingerprint density at radius 2 is 1.75 bits per heavy atom. The Morgan fingerprint density at radius 3 is 2.25 bits per heavy atom. The van der Waals surface area contributed by atoms with Gasteiger partial charge >= 0.3 is 0 Å². The first-order valence-corrected chi connectivity index (χ1v) is 9.10. The summed E-state index contributed by atoms with van der Waals surface area (Å²) < 4.78 is 16.8. The number of carbonyl (C=O) groups excluding carboxylic acids is 1. The highest BCUT2D eigenvalue weighted by atomic mass is 35.5. The highest BCUT2D eigenvalue weighted by molar-refractivity contribution is 5.95. The number of methoxy groups -OCH3 is 2. The number of nitrogens with two attached hydrogens (primary N) is 1. The molecule has 0 saturated heterocycles. The molecule has 0 radical (unpaired) electrons. The molecule has 1 amide bonds. The molecule has 1 aliphatic carbocycles. The molecular formula is C21H27ClN2O4. The van der Waals surface area contributed by atoms with Crippen molar-refractivity contribution in [1.29, 1.82) is 0 Å². The van der Waals surface area contributed by atoms with Crippen molar-refractivity contribution in [3.63, 3.8) is 0 Å². The van der Waals surface area contributed by atoms with Crippen LogP contribution in [-0.2, 0) is 6.61 Å². The van der Waals surface area contributed by atoms with Gasteiger partial charge in [0.1, 0.15) is 6.61 Å². The van der Waals surface area contributed by atoms with Crippen LogP contribution in [0.3, 0.4) is 0 Å². The van der Waals surface area contributed by atoms with Crippen molar-refractivity contribution < 1.29 is 19.0 Å². The lowest BCUT2D eigenvalue weighted by Crippen LogP contribution is -2.41. The Labute approximate surface area is 171 Å². The molecule has 3 rings (SSSR count). The standard InChI is InChI=1S/C21H26N2O4.ClH/c1-25-18-10-16(21(24)23-17(12-22)15-8-9-15)11-19(26-2)20(18)27-13-14-6-4-3-5-7-14;/h3-7,10-11,15,17H,8-9,12-13,22H2,1-2H3,(H,23,24);1H. The number of hydrogen-bond donors (Lipinski definition) is 2. The first-order chi connectivity index (χ1) is 13.2. The number of ether oxygens (including phenoxy) is 3. The monoisotopic (exact) mass is 406 g/mol. The molecular weight excluding hydrogens is 380 g/mol. The fourth-order valence-electron chi connectivity index (χ4n) is 3.00. The van der Waals surface area contributed by atoms with Crippen molar-refractivity contribution in [2.45, 2.75) is 25.5 Å². The predicted octanol–water partition coefficient (Wildman–Crippen LogP) is 3.17. The van der Waals surface area contributed by atoms with Gasteiger partial charge in [0.25, 0.3) is 5.91 Å². The number of nitrogens with one attached hydrogen (secondary N) is 1. The first kappa shape index (κ1) is 21.9. The zero-order valence-electron chi connectivity index (χ0n) is 16.1. The molecule has 1 fully saturated rings. The van der Waals surface area contributed by atoms with E-state index < -0.39 is 0 Å². The Hall–Kier alpha value is -2.44. The quantitative estimate of drug-likeness (QED) is 0.668. The largest absolute Gasteiger partial charge is 0.493 e. The summed E-state index contributed by atoms with van der Waals surface area (Å²) in [5.74, 6) is 1.66. The zero-order chi connectivity index (χ0) is 19.2. The van der Waals surface area contributed by atoms with E-state index in [1.54, 1.807) is 26.4 Å². The third-order valence-corrected chi connectivity index (χ3v) is 4.71. The van der Waals surface area contributed by atoms with Crippen LogP contribution in [0.1, 0.15) is 28.8 Å². The topological polar surface area (TPSA) is 82.8 Å². The van der Waals surface area contributed by atoms with E-state index in [0.717, 1.165) is 18.4 Å². The zero-order valence-corrected chi connectivity index (χ0v) is 17.0. The summed E-state index contributed by atoms with van der Waals surface area (Å²) >= 11 is 0. The fourth-order valence-corrected chi connectivity index (χ4v) is 3.00. The summed E-state index contributed by atoms with van der Waals surface area (Å²) in [6.45, 7) is 0.805. The van der Waals surface area contributed by atoms with Crippen molar-refractivity contribution in [1.82, 2.24) is 5.32 Å². The molecule has 1 saturated carbocycles. The molecule has 1 aliphatic rings. The molecule has 0 heterocycles. The lowest BCUT2D eigenvalue weighted by Gasteiger charge is -2.18. The van der Waals surface area contributed by atoms with E-state index in [2.05, 4.69) is 5.32 Å². The molecule has 3 N–H and O–H groups in total. The molecule has 1 atom stereocenters. The molecule has 152 valence electrons. The molecule has 2 aromatic carbocycles. The predicted molar refractivity (Wildman–Crippen MR) is 111 cm³/mol. The van der Waals surface area contributed by atoms with Crippen molar-refractivity contribution in [3.8, 4) is 17.2 Å². The van der Waals surface area contributed by atoms with Gasteiger partial charge in [-0.25, -0.2) is 0 Å². The molecule has 28 heavy (non-hydrogen) atoms. The van der Waals surface area contributed by atoms with Gasteiger partial charge in [0.15, 0.2) is 11.5 Å². The fraction of sp³-hybridized carbons (Fsp3) is 0.381. The van der Waals surface area contributed by atoms with Crippen LogP contribution in [0.5, 0.6) is 17.2 Å². The molecule has 6 nitrogen and oxygen atoms in total. The molecule has 2 aromatic rings. The molecule has 1 unspecified atom stereocenters. The minimum atomic E-state index is -0.191. The van der Waals surface area contributed by atoms with Crippen LogP contribution in [0.15, 0.2) is 42.5 Å². The average molecular weight is 407 g/mol. The van der Waals surface area contributed by atoms with E-state index in [0.29, 0.717) is 41.9 Å². The number of halogens is 1. The molecule has 0 aromatic heterocycles. The first-order valence-electron chi connectivity index (χ1n) is 9.10. The van der Waals surface area contributed by atoms with E-state index in [9.17, 15) is 4.79 Å². The summed E-state index contributed by atoms with van der Waals surface area (Å²) in [6, 6.07) is 13.1. The highest BCUT2D eigenvalue weighted by Crippen LogP contribution is 2.39. The van der Waals surface area contributed by atoms with Gasteiger partial charge in [-0.1, -0.05) is 30.3 Å². The average Bonchev–Trinajstić information content (AvgIpc) is 3.55. The van der Waals surface area contributed by atoms with Crippen molar-refractivity contribution in [3.05, 3.63) is 53.6 Å². The Kier molecular flexibility index (Phi) is 7.96. The van der Waals surface area contributed by atoms with Gasteiger partial charge in [-0.2, -0.15) is 0 Å². The number of benzene rings is 2. The van der Waals surface area contributed by atoms with Crippen molar-refractivity contribution in [2.24, 2.45) is 11.7 Å². The normalized spacial score (nSPS) is 13.8. The van der Waals surface area contributed by atoms with Gasteiger partial charge in [-0.15, -0.1) is 12.4 Å². The maximum atomic E-state index is 12.7. The van der Waals surface area contributed by atoms with Crippen LogP contribution in [0.25, 0.3) is 0 Å². The second-order valence-corrected chi connectivity index (χ2v) is 6.64. The SMILES string of the molecule is COc1cc(C(=O)NC(CN)C2CC2)cc(OC)c1OCc1ccccc1.Cl. The number of carbonyl (C=O) groups is 1. The third-order valence-electron chi connectivity index (χ3n) is 4.71. The van der Waals surface area contributed by atoms with Crippen molar-refractivity contribution >= 4 is 18.3 Å². The minimum absolute atomic E-state index is 0. The van der Waals surface area contributed by atoms with Crippen LogP contribution in [0.2, 0.25) is 0 Å². The van der Waals surface area contributed by atoms with E-state index in [-0.39, 0.29) is 24.4 Å². The summed E-state index contributed by atoms with van der Waals surface area (Å²) in [6.07, 6.45) is 2.22. The van der Waals surface area contributed by atoms with E-state index in [4.69, 9.17) is 19.9 Å². The van der Waals surface area contributed by atoms with Crippen LogP contribution < -0.4 is 25.3 Å². The van der Waals surface area contributed by atoms with Crippen molar-refractivity contribution in [2.75, 3.05) is 20.8 Å². The van der Waals surface area contributed by atoms with Crippen LogP contribution in [0.4, 0.5) is 0 Å². The van der Waals surface area contributed by atoms with E-state index >= 15 is 0 Å². The maximum absolute atomic E-state index is 12.7. The highest BCUT2D eigenvalue weighted by Gasteiger charge is 2.31. The third kappa shape index (κ3) is 5.30. The second-order valence-electron chi connectivity index (χ2n) is 6.64. The molecule has 0 bridgehead atoms. The second kappa shape index (κ2) is 10.2. The lowest BCUT2D eigenvalue weighted by molar-refractivity contribution is 0.0932.